The van der Waals surface area contributed by atoms with Crippen molar-refractivity contribution in [2.24, 2.45) is 0 Å². The van der Waals surface area contributed by atoms with E-state index < -0.39 is 10.0 Å². The summed E-state index contributed by atoms with van der Waals surface area (Å²) in [6, 6.07) is 8.69. The molecule has 0 saturated carbocycles. The van der Waals surface area contributed by atoms with Crippen LogP contribution in [-0.2, 0) is 16.6 Å². The predicted molar refractivity (Wildman–Crippen MR) is 82.0 cm³/mol. The Hall–Kier alpha value is -0.890. The number of halogens is 1. The molecule has 0 aliphatic carbocycles. The number of rotatable bonds is 5. The van der Waals surface area contributed by atoms with E-state index in [1.165, 1.54) is 11.3 Å². The van der Waals surface area contributed by atoms with E-state index >= 15 is 0 Å². The molecule has 0 atom stereocenters. The zero-order valence-electron chi connectivity index (χ0n) is 10.2. The standard InChI is InChI=1S/C12H13BrN2O2S2/c1-14-8-11-12(5-6-18-11)19(16,17)15-10-4-2-3-9(13)7-10/h2-7,14-15H,8H2,1H3. The van der Waals surface area contributed by atoms with Crippen LogP contribution in [0.3, 0.4) is 0 Å². The van der Waals surface area contributed by atoms with E-state index in [2.05, 4.69) is 26.0 Å². The van der Waals surface area contributed by atoms with Crippen molar-refractivity contribution in [3.8, 4) is 0 Å². The van der Waals surface area contributed by atoms with Gasteiger partial charge < -0.3 is 5.32 Å². The molecule has 2 rings (SSSR count). The number of hydrogen-bond donors (Lipinski definition) is 2. The van der Waals surface area contributed by atoms with Gasteiger partial charge >= 0.3 is 0 Å². The van der Waals surface area contributed by atoms with E-state index in [9.17, 15) is 8.42 Å². The highest BCUT2D eigenvalue weighted by Crippen LogP contribution is 2.25. The molecule has 2 N–H and O–H groups in total. The molecule has 0 aliphatic heterocycles. The van der Waals surface area contributed by atoms with E-state index in [4.69, 9.17) is 0 Å². The van der Waals surface area contributed by atoms with Crippen molar-refractivity contribution in [3.05, 3.63) is 45.1 Å². The molecule has 7 heteroatoms. The Bertz CT molecular complexity index is 668. The number of hydrogen-bond acceptors (Lipinski definition) is 4. The van der Waals surface area contributed by atoms with Crippen LogP contribution in [-0.4, -0.2) is 15.5 Å². The highest BCUT2D eigenvalue weighted by atomic mass is 79.9. The summed E-state index contributed by atoms with van der Waals surface area (Å²) >= 11 is 4.74. The summed E-state index contributed by atoms with van der Waals surface area (Å²) in [4.78, 5) is 1.12. The molecule has 0 bridgehead atoms. The SMILES string of the molecule is CNCc1sccc1S(=O)(=O)Nc1cccc(Br)c1. The first-order chi connectivity index (χ1) is 9.03. The Labute approximate surface area is 125 Å². The van der Waals surface area contributed by atoms with Gasteiger partial charge in [0.25, 0.3) is 10.0 Å². The molecule has 0 unspecified atom stereocenters. The highest BCUT2D eigenvalue weighted by Gasteiger charge is 2.19. The monoisotopic (exact) mass is 360 g/mol. The number of benzene rings is 1. The molecular formula is C12H13BrN2O2S2. The molecule has 0 amide bonds. The van der Waals surface area contributed by atoms with Crippen molar-refractivity contribution < 1.29 is 8.42 Å². The molecule has 4 nitrogen and oxygen atoms in total. The lowest BCUT2D eigenvalue weighted by Gasteiger charge is -2.09. The third-order valence-electron chi connectivity index (χ3n) is 2.41. The fourth-order valence-electron chi connectivity index (χ4n) is 1.62. The first-order valence-corrected chi connectivity index (χ1v) is 8.68. The smallest absolute Gasteiger partial charge is 0.263 e. The topological polar surface area (TPSA) is 58.2 Å². The minimum Gasteiger partial charge on any atom is -0.315 e. The van der Waals surface area contributed by atoms with Gasteiger partial charge in [-0.25, -0.2) is 8.42 Å². The normalized spacial score (nSPS) is 11.5. The Balaban J connectivity index is 2.30. The average Bonchev–Trinajstić information content (AvgIpc) is 2.78. The summed E-state index contributed by atoms with van der Waals surface area (Å²) in [5.74, 6) is 0. The molecule has 0 radical (unpaired) electrons. The summed E-state index contributed by atoms with van der Waals surface area (Å²) in [6.07, 6.45) is 0. The van der Waals surface area contributed by atoms with Crippen LogP contribution in [0.1, 0.15) is 4.88 Å². The van der Waals surface area contributed by atoms with E-state index in [1.54, 1.807) is 36.7 Å². The fourth-order valence-corrected chi connectivity index (χ4v) is 4.53. The third kappa shape index (κ3) is 3.56. The fraction of sp³-hybridized carbons (Fsp3) is 0.167. The maximum Gasteiger partial charge on any atom is 0.263 e. The van der Waals surface area contributed by atoms with Gasteiger partial charge in [-0.3, -0.25) is 4.72 Å². The van der Waals surface area contributed by atoms with Gasteiger partial charge in [0.15, 0.2) is 0 Å². The van der Waals surface area contributed by atoms with Gasteiger partial charge in [0.2, 0.25) is 0 Å². The lowest BCUT2D eigenvalue weighted by atomic mass is 10.3. The van der Waals surface area contributed by atoms with Crippen molar-refractivity contribution in [2.45, 2.75) is 11.4 Å². The van der Waals surface area contributed by atoms with Crippen molar-refractivity contribution in [3.63, 3.8) is 0 Å². The number of anilines is 1. The van der Waals surface area contributed by atoms with Crippen LogP contribution in [0.2, 0.25) is 0 Å². The molecule has 1 heterocycles. The summed E-state index contributed by atoms with van der Waals surface area (Å²) in [7, 11) is -1.75. The molecule has 1 aromatic carbocycles. The Morgan fingerprint density at radius 2 is 2.11 bits per heavy atom. The second-order valence-corrected chi connectivity index (χ2v) is 7.42. The molecule has 102 valence electrons. The van der Waals surface area contributed by atoms with Crippen molar-refractivity contribution in [2.75, 3.05) is 11.8 Å². The quantitative estimate of drug-likeness (QED) is 0.861. The minimum absolute atomic E-state index is 0.326. The summed E-state index contributed by atoms with van der Waals surface area (Å²) in [5, 5.41) is 4.75. The van der Waals surface area contributed by atoms with Gasteiger partial charge in [-0.15, -0.1) is 11.3 Å². The molecule has 0 aliphatic rings. The summed E-state index contributed by atoms with van der Waals surface area (Å²) < 4.78 is 28.1. The van der Waals surface area contributed by atoms with Gasteiger partial charge in [0.05, 0.1) is 0 Å². The zero-order chi connectivity index (χ0) is 13.9. The largest absolute Gasteiger partial charge is 0.315 e. The maximum atomic E-state index is 12.3. The van der Waals surface area contributed by atoms with E-state index in [0.717, 1.165) is 9.35 Å². The average molecular weight is 361 g/mol. The molecule has 1 aromatic heterocycles. The van der Waals surface area contributed by atoms with Crippen molar-refractivity contribution >= 4 is 43.0 Å². The van der Waals surface area contributed by atoms with Crippen LogP contribution in [0.5, 0.6) is 0 Å². The van der Waals surface area contributed by atoms with Crippen LogP contribution >= 0.6 is 27.3 Å². The van der Waals surface area contributed by atoms with E-state index in [-0.39, 0.29) is 0 Å². The van der Waals surface area contributed by atoms with Crippen LogP contribution in [0.15, 0.2) is 45.1 Å². The van der Waals surface area contributed by atoms with Crippen molar-refractivity contribution in [1.29, 1.82) is 0 Å². The third-order valence-corrected chi connectivity index (χ3v) is 5.42. The second kappa shape index (κ2) is 6.04. The second-order valence-electron chi connectivity index (χ2n) is 3.85. The number of nitrogens with one attached hydrogen (secondary N) is 2. The Morgan fingerprint density at radius 1 is 1.32 bits per heavy atom. The molecule has 19 heavy (non-hydrogen) atoms. The molecule has 2 aromatic rings. The van der Waals surface area contributed by atoms with Crippen molar-refractivity contribution in [1.82, 2.24) is 5.32 Å². The molecule has 0 fully saturated rings. The molecule has 0 saturated heterocycles. The highest BCUT2D eigenvalue weighted by molar-refractivity contribution is 9.10. The van der Waals surface area contributed by atoms with Crippen LogP contribution in [0.4, 0.5) is 5.69 Å². The van der Waals surface area contributed by atoms with Gasteiger partial charge in [-0.2, -0.15) is 0 Å². The molecule has 0 spiro atoms. The van der Waals surface area contributed by atoms with E-state index in [0.29, 0.717) is 17.1 Å². The van der Waals surface area contributed by atoms with E-state index in [1.807, 2.05) is 6.07 Å². The first-order valence-electron chi connectivity index (χ1n) is 5.52. The van der Waals surface area contributed by atoms with Gasteiger partial charge in [-0.1, -0.05) is 22.0 Å². The minimum atomic E-state index is -3.54. The Morgan fingerprint density at radius 3 is 2.79 bits per heavy atom. The van der Waals surface area contributed by atoms with Gasteiger partial charge in [-0.05, 0) is 36.7 Å². The number of thiophene rings is 1. The lowest BCUT2D eigenvalue weighted by molar-refractivity contribution is 0.600. The summed E-state index contributed by atoms with van der Waals surface area (Å²) in [6.45, 7) is 0.534. The lowest BCUT2D eigenvalue weighted by Crippen LogP contribution is -2.15. The number of sulfonamides is 1. The predicted octanol–water partition coefficient (Wildman–Crippen LogP) is 3.03. The Kier molecular flexibility index (Phi) is 4.62. The first kappa shape index (κ1) is 14.5. The molecular weight excluding hydrogens is 348 g/mol. The van der Waals surface area contributed by atoms with Crippen LogP contribution < -0.4 is 10.0 Å². The van der Waals surface area contributed by atoms with Gasteiger partial charge in [0.1, 0.15) is 4.90 Å². The van der Waals surface area contributed by atoms with Gasteiger partial charge in [0, 0.05) is 21.6 Å². The maximum absolute atomic E-state index is 12.3. The zero-order valence-corrected chi connectivity index (χ0v) is 13.4. The summed E-state index contributed by atoms with van der Waals surface area (Å²) in [5.41, 5.74) is 0.538. The van der Waals surface area contributed by atoms with Crippen LogP contribution in [0, 0.1) is 0 Å². The van der Waals surface area contributed by atoms with Crippen LogP contribution in [0.25, 0.3) is 0 Å².